The smallest absolute Gasteiger partial charge is 0.231 e. The molecule has 0 radical (unpaired) electrons. The predicted molar refractivity (Wildman–Crippen MR) is 46.4 cm³/mol. The zero-order valence-electron chi connectivity index (χ0n) is 6.96. The number of hydrogen-bond acceptors (Lipinski definition) is 3. The van der Waals surface area contributed by atoms with E-state index in [1.165, 1.54) is 0 Å². The third-order valence-electron chi connectivity index (χ3n) is 1.30. The first-order valence-corrected chi connectivity index (χ1v) is 5.42. The number of sulfonamides is 1. The van der Waals surface area contributed by atoms with Gasteiger partial charge < -0.3 is 0 Å². The van der Waals surface area contributed by atoms with Crippen molar-refractivity contribution in [3.05, 3.63) is 11.8 Å². The van der Waals surface area contributed by atoms with Gasteiger partial charge in [0.25, 0.3) is 0 Å². The Kier molecular flexibility index (Phi) is 2.37. The van der Waals surface area contributed by atoms with Crippen molar-refractivity contribution in [3.8, 4) is 0 Å². The Morgan fingerprint density at radius 2 is 2.33 bits per heavy atom. The highest BCUT2D eigenvalue weighted by molar-refractivity contribution is 7.92. The molecule has 2 N–H and O–H groups in total. The van der Waals surface area contributed by atoms with Crippen LogP contribution in [0.2, 0.25) is 0 Å². The molecule has 5 nitrogen and oxygen atoms in total. The van der Waals surface area contributed by atoms with Crippen LogP contribution in [-0.4, -0.2) is 24.9 Å². The van der Waals surface area contributed by atoms with E-state index in [2.05, 4.69) is 14.9 Å². The molecule has 0 fully saturated rings. The molecule has 1 rings (SSSR count). The first kappa shape index (κ1) is 9.05. The molecule has 6 heteroatoms. The molecule has 0 amide bonds. The molecule has 0 aliphatic carbocycles. The van der Waals surface area contributed by atoms with E-state index < -0.39 is 10.0 Å². The molecule has 0 saturated carbocycles. The fourth-order valence-electron chi connectivity index (χ4n) is 0.785. The third kappa shape index (κ3) is 2.54. The van der Waals surface area contributed by atoms with Gasteiger partial charge in [-0.25, -0.2) is 8.42 Å². The molecule has 0 bridgehead atoms. The lowest BCUT2D eigenvalue weighted by atomic mass is 10.3. The molecule has 1 aromatic heterocycles. The van der Waals surface area contributed by atoms with E-state index in [-0.39, 0.29) is 0 Å². The fraction of sp³-hybridized carbons (Fsp3) is 0.500. The van der Waals surface area contributed by atoms with Crippen LogP contribution >= 0.6 is 0 Å². The second-order valence-electron chi connectivity index (χ2n) is 2.51. The summed E-state index contributed by atoms with van der Waals surface area (Å²) in [6.45, 7) is 1.96. The molecule has 0 aliphatic rings. The van der Waals surface area contributed by atoms with Gasteiger partial charge in [0.2, 0.25) is 10.0 Å². The highest BCUT2D eigenvalue weighted by Crippen LogP contribution is 2.06. The molecule has 12 heavy (non-hydrogen) atoms. The van der Waals surface area contributed by atoms with Crippen molar-refractivity contribution in [2.75, 3.05) is 11.0 Å². The van der Waals surface area contributed by atoms with Crippen LogP contribution < -0.4 is 4.72 Å². The van der Waals surface area contributed by atoms with Gasteiger partial charge in [-0.1, -0.05) is 6.92 Å². The number of H-pyrrole nitrogens is 1. The number of nitrogens with zero attached hydrogens (tertiary/aromatic N) is 1. The maximum absolute atomic E-state index is 10.7. The second-order valence-corrected chi connectivity index (χ2v) is 4.25. The fourth-order valence-corrected chi connectivity index (χ4v) is 1.27. The van der Waals surface area contributed by atoms with E-state index in [9.17, 15) is 8.42 Å². The molecular weight excluding hydrogens is 178 g/mol. The summed E-state index contributed by atoms with van der Waals surface area (Å²) >= 11 is 0. The highest BCUT2D eigenvalue weighted by atomic mass is 32.2. The Hall–Kier alpha value is -1.04. The maximum atomic E-state index is 10.7. The molecule has 0 saturated heterocycles. The van der Waals surface area contributed by atoms with Crippen LogP contribution in [0.3, 0.4) is 0 Å². The predicted octanol–water partition coefficient (Wildman–Crippen LogP) is 0.344. The quantitative estimate of drug-likeness (QED) is 0.720. The molecule has 1 aromatic rings. The van der Waals surface area contributed by atoms with Crippen molar-refractivity contribution < 1.29 is 8.42 Å². The number of aryl methyl sites for hydroxylation is 1. The van der Waals surface area contributed by atoms with Crippen molar-refractivity contribution >= 4 is 15.8 Å². The van der Waals surface area contributed by atoms with Crippen LogP contribution in [0.5, 0.6) is 0 Å². The van der Waals surface area contributed by atoms with Gasteiger partial charge in [-0.2, -0.15) is 5.10 Å². The SMILES string of the molecule is CCc1cc(NS(C)(=O)=O)n[nH]1. The summed E-state index contributed by atoms with van der Waals surface area (Å²) in [5, 5.41) is 6.46. The largest absolute Gasteiger partial charge is 0.280 e. The van der Waals surface area contributed by atoms with E-state index in [1.807, 2.05) is 6.92 Å². The molecule has 68 valence electrons. The summed E-state index contributed by atoms with van der Waals surface area (Å²) in [5.74, 6) is 0.342. The molecule has 0 unspecified atom stereocenters. The maximum Gasteiger partial charge on any atom is 0.231 e. The standard InChI is InChI=1S/C6H11N3O2S/c1-3-5-4-6(8-7-5)9-12(2,10)11/h4H,3H2,1-2H3,(H2,7,8,9). The van der Waals surface area contributed by atoms with Crippen molar-refractivity contribution in [2.24, 2.45) is 0 Å². The van der Waals surface area contributed by atoms with Crippen LogP contribution in [0, 0.1) is 0 Å². The average Bonchev–Trinajstić information content (AvgIpc) is 2.32. The van der Waals surface area contributed by atoms with E-state index >= 15 is 0 Å². The van der Waals surface area contributed by atoms with Crippen molar-refractivity contribution in [2.45, 2.75) is 13.3 Å². The first-order chi connectivity index (χ1) is 5.51. The average molecular weight is 189 g/mol. The van der Waals surface area contributed by atoms with E-state index in [0.717, 1.165) is 18.4 Å². The molecule has 0 aliphatic heterocycles. The van der Waals surface area contributed by atoms with Crippen molar-refractivity contribution in [1.29, 1.82) is 0 Å². The number of aromatic amines is 1. The summed E-state index contributed by atoms with van der Waals surface area (Å²) in [5.41, 5.74) is 0.904. The normalized spacial score (nSPS) is 11.5. The minimum absolute atomic E-state index is 0.342. The van der Waals surface area contributed by atoms with Gasteiger partial charge in [-0.05, 0) is 6.42 Å². The lowest BCUT2D eigenvalue weighted by molar-refractivity contribution is 0.606. The monoisotopic (exact) mass is 189 g/mol. The van der Waals surface area contributed by atoms with Crippen LogP contribution in [0.1, 0.15) is 12.6 Å². The van der Waals surface area contributed by atoms with Crippen molar-refractivity contribution in [1.82, 2.24) is 10.2 Å². The Bertz CT molecular complexity index is 355. The zero-order chi connectivity index (χ0) is 9.19. The molecule has 1 heterocycles. The lowest BCUT2D eigenvalue weighted by Gasteiger charge is -1.95. The van der Waals surface area contributed by atoms with Crippen LogP contribution in [0.15, 0.2) is 6.07 Å². The molecule has 0 atom stereocenters. The Morgan fingerprint density at radius 3 is 2.75 bits per heavy atom. The van der Waals surface area contributed by atoms with Crippen molar-refractivity contribution in [3.63, 3.8) is 0 Å². The highest BCUT2D eigenvalue weighted by Gasteiger charge is 2.04. The van der Waals surface area contributed by atoms with Gasteiger partial charge in [-0.3, -0.25) is 9.82 Å². The van der Waals surface area contributed by atoms with E-state index in [0.29, 0.717) is 5.82 Å². The minimum atomic E-state index is -3.20. The molecule has 0 spiro atoms. The van der Waals surface area contributed by atoms with Gasteiger partial charge in [0.05, 0.1) is 6.26 Å². The first-order valence-electron chi connectivity index (χ1n) is 3.53. The van der Waals surface area contributed by atoms with Gasteiger partial charge in [0.15, 0.2) is 5.82 Å². The van der Waals surface area contributed by atoms with Gasteiger partial charge in [0.1, 0.15) is 0 Å². The van der Waals surface area contributed by atoms with Crippen LogP contribution in [0.4, 0.5) is 5.82 Å². The summed E-state index contributed by atoms with van der Waals surface area (Å²) in [7, 11) is -3.20. The third-order valence-corrected chi connectivity index (χ3v) is 1.88. The van der Waals surface area contributed by atoms with Gasteiger partial charge in [-0.15, -0.1) is 0 Å². The topological polar surface area (TPSA) is 74.8 Å². The van der Waals surface area contributed by atoms with Gasteiger partial charge >= 0.3 is 0 Å². The summed E-state index contributed by atoms with van der Waals surface area (Å²) in [6, 6.07) is 1.67. The van der Waals surface area contributed by atoms with E-state index in [4.69, 9.17) is 0 Å². The summed E-state index contributed by atoms with van der Waals surface area (Å²) in [6.07, 6.45) is 1.89. The summed E-state index contributed by atoms with van der Waals surface area (Å²) in [4.78, 5) is 0. The Balaban J connectivity index is 2.78. The Morgan fingerprint density at radius 1 is 1.67 bits per heavy atom. The van der Waals surface area contributed by atoms with Crippen LogP contribution in [0.25, 0.3) is 0 Å². The number of anilines is 1. The lowest BCUT2D eigenvalue weighted by Crippen LogP contribution is -2.09. The molecule has 0 aromatic carbocycles. The molecular formula is C6H11N3O2S. The minimum Gasteiger partial charge on any atom is -0.280 e. The number of nitrogens with one attached hydrogen (secondary N) is 2. The van der Waals surface area contributed by atoms with Gasteiger partial charge in [0, 0.05) is 11.8 Å². The Labute approximate surface area is 71.2 Å². The summed E-state index contributed by atoms with van der Waals surface area (Å²) < 4.78 is 23.7. The van der Waals surface area contributed by atoms with E-state index in [1.54, 1.807) is 6.07 Å². The zero-order valence-corrected chi connectivity index (χ0v) is 7.77. The van der Waals surface area contributed by atoms with Crippen LogP contribution in [-0.2, 0) is 16.4 Å². The number of rotatable bonds is 3. The number of aromatic nitrogens is 2. The number of hydrogen-bond donors (Lipinski definition) is 2. The second kappa shape index (κ2) is 3.14.